The summed E-state index contributed by atoms with van der Waals surface area (Å²) in [6, 6.07) is 0. The Kier molecular flexibility index (Phi) is 3.15. The highest BCUT2D eigenvalue weighted by molar-refractivity contribution is 7.92. The van der Waals surface area contributed by atoms with E-state index < -0.39 is 10.0 Å². The molecule has 0 aromatic carbocycles. The number of hydrogen-bond donors (Lipinski definition) is 2. The minimum atomic E-state index is -3.22. The summed E-state index contributed by atoms with van der Waals surface area (Å²) in [5.41, 5.74) is 1.82. The number of aromatic amines is 1. The Hall–Kier alpha value is -1.04. The molecule has 80 valence electrons. The third-order valence-corrected chi connectivity index (χ3v) is 3.36. The van der Waals surface area contributed by atoms with Crippen molar-refractivity contribution in [2.75, 3.05) is 10.5 Å². The van der Waals surface area contributed by atoms with Crippen molar-refractivity contribution in [3.05, 3.63) is 11.3 Å². The fourth-order valence-corrected chi connectivity index (χ4v) is 1.73. The summed E-state index contributed by atoms with van der Waals surface area (Å²) in [6.07, 6.45) is 0.812. The lowest BCUT2D eigenvalue weighted by Crippen LogP contribution is -2.15. The summed E-state index contributed by atoms with van der Waals surface area (Å²) in [5, 5.41) is 6.70. The number of sulfonamides is 1. The molecule has 0 amide bonds. The number of aryl methyl sites for hydroxylation is 1. The van der Waals surface area contributed by atoms with Gasteiger partial charge in [-0.1, -0.05) is 6.92 Å². The Balaban J connectivity index is 2.93. The molecule has 0 radical (unpaired) electrons. The van der Waals surface area contributed by atoms with Crippen molar-refractivity contribution >= 4 is 15.8 Å². The van der Waals surface area contributed by atoms with Crippen LogP contribution in [0, 0.1) is 6.92 Å². The second-order valence-electron chi connectivity index (χ2n) is 3.03. The van der Waals surface area contributed by atoms with Gasteiger partial charge in [0.05, 0.1) is 5.75 Å². The molecule has 0 aliphatic heterocycles. The molecule has 0 atom stereocenters. The fourth-order valence-electron chi connectivity index (χ4n) is 1.10. The first kappa shape index (κ1) is 11.0. The maximum absolute atomic E-state index is 11.3. The fraction of sp³-hybridized carbons (Fsp3) is 0.625. The lowest BCUT2D eigenvalue weighted by molar-refractivity contribution is 0.602. The van der Waals surface area contributed by atoms with Gasteiger partial charge in [0.2, 0.25) is 10.0 Å². The molecule has 0 saturated carbocycles. The van der Waals surface area contributed by atoms with Crippen LogP contribution in [0.25, 0.3) is 0 Å². The van der Waals surface area contributed by atoms with Crippen LogP contribution in [-0.2, 0) is 16.4 Å². The van der Waals surface area contributed by atoms with E-state index in [4.69, 9.17) is 0 Å². The van der Waals surface area contributed by atoms with Crippen molar-refractivity contribution in [2.45, 2.75) is 27.2 Å². The van der Waals surface area contributed by atoms with E-state index in [2.05, 4.69) is 14.9 Å². The Bertz CT molecular complexity index is 408. The zero-order chi connectivity index (χ0) is 10.8. The first-order valence-electron chi connectivity index (χ1n) is 4.54. The summed E-state index contributed by atoms with van der Waals surface area (Å²) < 4.78 is 24.9. The number of anilines is 1. The van der Waals surface area contributed by atoms with E-state index in [0.717, 1.165) is 17.7 Å². The van der Waals surface area contributed by atoms with Gasteiger partial charge in [-0.05, 0) is 20.3 Å². The first-order valence-corrected chi connectivity index (χ1v) is 6.19. The van der Waals surface area contributed by atoms with Gasteiger partial charge in [0.1, 0.15) is 0 Å². The van der Waals surface area contributed by atoms with Gasteiger partial charge in [-0.3, -0.25) is 9.82 Å². The average molecular weight is 217 g/mol. The molecule has 0 bridgehead atoms. The second kappa shape index (κ2) is 4.00. The lowest BCUT2D eigenvalue weighted by Gasteiger charge is -2.02. The molecular weight excluding hydrogens is 202 g/mol. The maximum Gasteiger partial charge on any atom is 0.233 e. The summed E-state index contributed by atoms with van der Waals surface area (Å²) in [7, 11) is -3.22. The van der Waals surface area contributed by atoms with Crippen molar-refractivity contribution in [3.63, 3.8) is 0 Å². The summed E-state index contributed by atoms with van der Waals surface area (Å²) in [5.74, 6) is 0.463. The van der Waals surface area contributed by atoms with Crippen molar-refractivity contribution in [1.29, 1.82) is 0 Å². The average Bonchev–Trinajstić information content (AvgIpc) is 2.47. The van der Waals surface area contributed by atoms with E-state index in [9.17, 15) is 8.42 Å². The number of rotatable bonds is 4. The number of nitrogens with zero attached hydrogens (tertiary/aromatic N) is 1. The molecule has 6 heteroatoms. The van der Waals surface area contributed by atoms with E-state index in [1.807, 2.05) is 13.8 Å². The smallest absolute Gasteiger partial charge is 0.233 e. The third-order valence-electron chi connectivity index (χ3n) is 2.10. The Morgan fingerprint density at radius 3 is 2.50 bits per heavy atom. The van der Waals surface area contributed by atoms with Crippen LogP contribution >= 0.6 is 0 Å². The first-order chi connectivity index (χ1) is 6.50. The maximum atomic E-state index is 11.3. The molecule has 0 saturated heterocycles. The Morgan fingerprint density at radius 2 is 2.07 bits per heavy atom. The molecule has 1 rings (SSSR count). The van der Waals surface area contributed by atoms with E-state index in [1.165, 1.54) is 0 Å². The van der Waals surface area contributed by atoms with Gasteiger partial charge >= 0.3 is 0 Å². The SMILES string of the molecule is CCc1[nH]nc(NS(=O)(=O)CC)c1C. The van der Waals surface area contributed by atoms with Gasteiger partial charge in [-0.25, -0.2) is 8.42 Å². The lowest BCUT2D eigenvalue weighted by atomic mass is 10.2. The summed E-state index contributed by atoms with van der Waals surface area (Å²) in [6.45, 7) is 5.42. The summed E-state index contributed by atoms with van der Waals surface area (Å²) >= 11 is 0. The molecule has 5 nitrogen and oxygen atoms in total. The standard InChI is InChI=1S/C8H15N3O2S/c1-4-7-6(3)8(10-9-7)11-14(12,13)5-2/h4-5H2,1-3H3,(H2,9,10,11). The minimum absolute atomic E-state index is 0.0563. The third kappa shape index (κ3) is 2.25. The van der Waals surface area contributed by atoms with Gasteiger partial charge in [0.15, 0.2) is 5.82 Å². The number of aromatic nitrogens is 2. The van der Waals surface area contributed by atoms with Crippen molar-refractivity contribution in [3.8, 4) is 0 Å². The highest BCUT2D eigenvalue weighted by Gasteiger charge is 2.13. The van der Waals surface area contributed by atoms with Crippen molar-refractivity contribution in [1.82, 2.24) is 10.2 Å². The van der Waals surface area contributed by atoms with Gasteiger partial charge in [-0.2, -0.15) is 5.10 Å². The van der Waals surface area contributed by atoms with E-state index in [-0.39, 0.29) is 5.75 Å². The highest BCUT2D eigenvalue weighted by atomic mass is 32.2. The van der Waals surface area contributed by atoms with Gasteiger partial charge in [0, 0.05) is 11.3 Å². The molecule has 0 spiro atoms. The molecule has 0 fully saturated rings. The van der Waals surface area contributed by atoms with Crippen LogP contribution < -0.4 is 4.72 Å². The van der Waals surface area contributed by atoms with Crippen molar-refractivity contribution in [2.24, 2.45) is 0 Å². The predicted octanol–water partition coefficient (Wildman–Crippen LogP) is 1.04. The predicted molar refractivity (Wildman–Crippen MR) is 55.8 cm³/mol. The molecule has 0 aliphatic rings. The molecule has 1 aromatic heterocycles. The largest absolute Gasteiger partial charge is 0.280 e. The van der Waals surface area contributed by atoms with Crippen LogP contribution in [0.5, 0.6) is 0 Å². The Morgan fingerprint density at radius 1 is 1.43 bits per heavy atom. The van der Waals surface area contributed by atoms with Crippen LogP contribution in [0.2, 0.25) is 0 Å². The quantitative estimate of drug-likeness (QED) is 0.791. The highest BCUT2D eigenvalue weighted by Crippen LogP contribution is 2.16. The van der Waals surface area contributed by atoms with Crippen LogP contribution in [0.15, 0.2) is 0 Å². The van der Waals surface area contributed by atoms with E-state index in [1.54, 1.807) is 6.92 Å². The Labute approximate surface area is 84.0 Å². The van der Waals surface area contributed by atoms with Gasteiger partial charge < -0.3 is 0 Å². The van der Waals surface area contributed by atoms with E-state index in [0.29, 0.717) is 5.82 Å². The minimum Gasteiger partial charge on any atom is -0.280 e. The zero-order valence-electron chi connectivity index (χ0n) is 8.59. The normalized spacial score (nSPS) is 11.6. The topological polar surface area (TPSA) is 74.8 Å². The summed E-state index contributed by atoms with van der Waals surface area (Å²) in [4.78, 5) is 0. The van der Waals surface area contributed by atoms with Crippen LogP contribution in [0.1, 0.15) is 25.1 Å². The molecule has 2 N–H and O–H groups in total. The van der Waals surface area contributed by atoms with Crippen LogP contribution in [-0.4, -0.2) is 24.4 Å². The van der Waals surface area contributed by atoms with Crippen LogP contribution in [0.3, 0.4) is 0 Å². The second-order valence-corrected chi connectivity index (χ2v) is 5.05. The van der Waals surface area contributed by atoms with Gasteiger partial charge in [0.25, 0.3) is 0 Å². The number of nitrogens with one attached hydrogen (secondary N) is 2. The van der Waals surface area contributed by atoms with Gasteiger partial charge in [-0.15, -0.1) is 0 Å². The molecule has 0 aliphatic carbocycles. The monoisotopic (exact) mass is 217 g/mol. The van der Waals surface area contributed by atoms with E-state index >= 15 is 0 Å². The van der Waals surface area contributed by atoms with Crippen molar-refractivity contribution < 1.29 is 8.42 Å². The zero-order valence-corrected chi connectivity index (χ0v) is 9.40. The molecule has 1 aromatic rings. The molecule has 14 heavy (non-hydrogen) atoms. The number of H-pyrrole nitrogens is 1. The van der Waals surface area contributed by atoms with Crippen LogP contribution in [0.4, 0.5) is 5.82 Å². The molecular formula is C8H15N3O2S. The number of hydrogen-bond acceptors (Lipinski definition) is 3. The molecule has 0 unspecified atom stereocenters. The molecule has 1 heterocycles.